The van der Waals surface area contributed by atoms with Crippen LogP contribution in [-0.4, -0.2) is 24.1 Å². The molecule has 1 aliphatic heterocycles. The van der Waals surface area contributed by atoms with E-state index in [-0.39, 0.29) is 24.7 Å². The van der Waals surface area contributed by atoms with Gasteiger partial charge in [0.05, 0.1) is 6.07 Å². The van der Waals surface area contributed by atoms with E-state index in [1.165, 1.54) is 18.2 Å². The van der Waals surface area contributed by atoms with E-state index in [4.69, 9.17) is 13.9 Å². The van der Waals surface area contributed by atoms with Crippen molar-refractivity contribution >= 4 is 17.9 Å². The molecule has 7 nitrogen and oxygen atoms in total. The molecular weight excluding hydrogens is 218 g/mol. The van der Waals surface area contributed by atoms with Gasteiger partial charge in [-0.3, -0.25) is 10.1 Å². The minimum atomic E-state index is -0.665. The lowest BCUT2D eigenvalue weighted by Crippen LogP contribution is -2.21. The number of furan rings is 1. The van der Waals surface area contributed by atoms with Gasteiger partial charge < -0.3 is 13.9 Å². The molecule has 2 rings (SSSR count). The fourth-order valence-corrected chi connectivity index (χ4v) is 1.16. The van der Waals surface area contributed by atoms with Crippen LogP contribution >= 0.6 is 0 Å². The molecule has 7 heteroatoms. The molecule has 1 aromatic heterocycles. The van der Waals surface area contributed by atoms with E-state index in [2.05, 4.69) is 0 Å². The average Bonchev–Trinajstić information content (AvgIpc) is 2.70. The van der Waals surface area contributed by atoms with Crippen molar-refractivity contribution < 1.29 is 23.6 Å². The molecule has 1 fully saturated rings. The maximum absolute atomic E-state index is 11.1. The minimum absolute atomic E-state index is 0.0181. The molecule has 0 aromatic carbocycles. The first-order valence-corrected chi connectivity index (χ1v) is 4.42. The Balaban J connectivity index is 2.21. The number of nitrogens with zero attached hydrogens (tertiary/aromatic N) is 1. The molecule has 2 heterocycles. The predicted molar refractivity (Wildman–Crippen MR) is 50.3 cm³/mol. The number of carbonyl (C=O) groups is 1. The van der Waals surface area contributed by atoms with Crippen molar-refractivity contribution in [1.29, 1.82) is 0 Å². The summed E-state index contributed by atoms with van der Waals surface area (Å²) in [5, 5.41) is 10.3. The highest BCUT2D eigenvalue weighted by atomic mass is 16.6. The van der Waals surface area contributed by atoms with Crippen LogP contribution in [0.15, 0.2) is 22.3 Å². The fraction of sp³-hybridized carbons (Fsp3) is 0.222. The van der Waals surface area contributed by atoms with E-state index < -0.39 is 16.8 Å². The topological polar surface area (TPSA) is 91.8 Å². The summed E-state index contributed by atoms with van der Waals surface area (Å²) in [7, 11) is 0. The van der Waals surface area contributed by atoms with Crippen molar-refractivity contribution in [2.24, 2.45) is 0 Å². The highest BCUT2D eigenvalue weighted by molar-refractivity contribution is 5.91. The SMILES string of the molecule is O=C1OCCO/C1=C/c1ccc([N+](=O)[O-])o1. The molecule has 84 valence electrons. The van der Waals surface area contributed by atoms with Crippen LogP contribution in [0.3, 0.4) is 0 Å². The first-order valence-electron chi connectivity index (χ1n) is 4.42. The lowest BCUT2D eigenvalue weighted by atomic mass is 10.3. The Morgan fingerprint density at radius 1 is 1.31 bits per heavy atom. The molecule has 16 heavy (non-hydrogen) atoms. The Morgan fingerprint density at radius 3 is 2.69 bits per heavy atom. The number of ether oxygens (including phenoxy) is 2. The zero-order chi connectivity index (χ0) is 11.5. The Kier molecular flexibility index (Phi) is 2.59. The molecule has 0 atom stereocenters. The molecule has 1 saturated heterocycles. The second kappa shape index (κ2) is 4.05. The van der Waals surface area contributed by atoms with Gasteiger partial charge in [-0.15, -0.1) is 0 Å². The van der Waals surface area contributed by atoms with E-state index in [1.54, 1.807) is 0 Å². The summed E-state index contributed by atoms with van der Waals surface area (Å²) in [6.45, 7) is 0.467. The smallest absolute Gasteiger partial charge is 0.433 e. The van der Waals surface area contributed by atoms with Crippen molar-refractivity contribution in [1.82, 2.24) is 0 Å². The number of cyclic esters (lactones) is 1. The Bertz CT molecular complexity index is 460. The number of rotatable bonds is 2. The molecule has 0 N–H and O–H groups in total. The molecule has 0 spiro atoms. The Hall–Kier alpha value is -2.31. The van der Waals surface area contributed by atoms with E-state index in [0.717, 1.165) is 0 Å². The van der Waals surface area contributed by atoms with Gasteiger partial charge in [0.1, 0.15) is 23.9 Å². The highest BCUT2D eigenvalue weighted by Gasteiger charge is 2.19. The first-order chi connectivity index (χ1) is 7.66. The maximum atomic E-state index is 11.1. The third kappa shape index (κ3) is 2.02. The Morgan fingerprint density at radius 2 is 2.06 bits per heavy atom. The van der Waals surface area contributed by atoms with Gasteiger partial charge >= 0.3 is 11.9 Å². The molecule has 0 amide bonds. The molecule has 1 aromatic rings. The highest BCUT2D eigenvalue weighted by Crippen LogP contribution is 2.19. The third-order valence-corrected chi connectivity index (χ3v) is 1.84. The standard InChI is InChI=1S/C9H7NO6/c11-9-7(14-3-4-15-9)5-6-1-2-8(16-6)10(12)13/h1-2,5H,3-4H2/b7-5+. The molecule has 0 unspecified atom stereocenters. The second-order valence-corrected chi connectivity index (χ2v) is 2.93. The molecular formula is C9H7NO6. The van der Waals surface area contributed by atoms with E-state index in [0.29, 0.717) is 0 Å². The number of hydrogen-bond donors (Lipinski definition) is 0. The monoisotopic (exact) mass is 225 g/mol. The summed E-state index contributed by atoms with van der Waals surface area (Å²) in [5.41, 5.74) is 0. The summed E-state index contributed by atoms with van der Waals surface area (Å²) >= 11 is 0. The molecule has 0 aliphatic carbocycles. The van der Waals surface area contributed by atoms with Crippen molar-refractivity contribution in [3.63, 3.8) is 0 Å². The Labute approximate surface area is 89.4 Å². The second-order valence-electron chi connectivity index (χ2n) is 2.93. The van der Waals surface area contributed by atoms with Crippen LogP contribution in [0.5, 0.6) is 0 Å². The lowest BCUT2D eigenvalue weighted by Gasteiger charge is -2.14. The molecule has 0 radical (unpaired) electrons. The van der Waals surface area contributed by atoms with E-state index in [1.807, 2.05) is 0 Å². The van der Waals surface area contributed by atoms with Gasteiger partial charge in [0.15, 0.2) is 0 Å². The van der Waals surface area contributed by atoms with E-state index >= 15 is 0 Å². The average molecular weight is 225 g/mol. The number of esters is 1. The van der Waals surface area contributed by atoms with Crippen LogP contribution in [-0.2, 0) is 14.3 Å². The van der Waals surface area contributed by atoms with Gasteiger partial charge in [0.25, 0.3) is 0 Å². The third-order valence-electron chi connectivity index (χ3n) is 1.84. The molecule has 0 bridgehead atoms. The van der Waals surface area contributed by atoms with Crippen LogP contribution in [0, 0.1) is 10.1 Å². The summed E-state index contributed by atoms with van der Waals surface area (Å²) < 4.78 is 14.6. The zero-order valence-electron chi connectivity index (χ0n) is 8.04. The predicted octanol–water partition coefficient (Wildman–Crippen LogP) is 1.10. The zero-order valence-corrected chi connectivity index (χ0v) is 8.04. The van der Waals surface area contributed by atoms with Crippen LogP contribution in [0.1, 0.15) is 5.76 Å². The molecule has 1 aliphatic rings. The van der Waals surface area contributed by atoms with Crippen LogP contribution < -0.4 is 0 Å². The lowest BCUT2D eigenvalue weighted by molar-refractivity contribution is -0.402. The number of nitro groups is 1. The van der Waals surface area contributed by atoms with Gasteiger partial charge in [-0.2, -0.15) is 0 Å². The number of carbonyl (C=O) groups excluding carboxylic acids is 1. The summed E-state index contributed by atoms with van der Waals surface area (Å²) in [5.74, 6) is -0.850. The van der Waals surface area contributed by atoms with Gasteiger partial charge in [-0.1, -0.05) is 0 Å². The van der Waals surface area contributed by atoms with Gasteiger partial charge in [-0.25, -0.2) is 4.79 Å². The normalized spacial score (nSPS) is 18.0. The van der Waals surface area contributed by atoms with Crippen molar-refractivity contribution in [3.8, 4) is 0 Å². The van der Waals surface area contributed by atoms with E-state index in [9.17, 15) is 14.9 Å². The largest absolute Gasteiger partial charge is 0.483 e. The summed E-state index contributed by atoms with van der Waals surface area (Å²) in [6.07, 6.45) is 1.26. The van der Waals surface area contributed by atoms with Crippen molar-refractivity contribution in [2.45, 2.75) is 0 Å². The van der Waals surface area contributed by atoms with Crippen molar-refractivity contribution in [3.05, 3.63) is 33.8 Å². The summed E-state index contributed by atoms with van der Waals surface area (Å²) in [6, 6.07) is 2.57. The van der Waals surface area contributed by atoms with Crippen LogP contribution in [0.2, 0.25) is 0 Å². The first kappa shape index (κ1) is 10.2. The van der Waals surface area contributed by atoms with Crippen LogP contribution in [0.25, 0.3) is 6.08 Å². The van der Waals surface area contributed by atoms with Gasteiger partial charge in [0, 0.05) is 6.08 Å². The summed E-state index contributed by atoms with van der Waals surface area (Å²) in [4.78, 5) is 20.8. The van der Waals surface area contributed by atoms with Crippen LogP contribution in [0.4, 0.5) is 5.88 Å². The van der Waals surface area contributed by atoms with Crippen molar-refractivity contribution in [2.75, 3.05) is 13.2 Å². The number of hydrogen-bond acceptors (Lipinski definition) is 6. The van der Waals surface area contributed by atoms with Gasteiger partial charge in [-0.05, 0) is 6.07 Å². The fourth-order valence-electron chi connectivity index (χ4n) is 1.16. The molecule has 0 saturated carbocycles. The maximum Gasteiger partial charge on any atom is 0.433 e. The minimum Gasteiger partial charge on any atom is -0.483 e. The van der Waals surface area contributed by atoms with Gasteiger partial charge in [0.2, 0.25) is 5.76 Å². The quantitative estimate of drug-likeness (QED) is 0.324.